The van der Waals surface area contributed by atoms with E-state index in [1.165, 1.54) is 17.5 Å². The van der Waals surface area contributed by atoms with Crippen LogP contribution < -0.4 is 5.32 Å². The molecule has 23 heavy (non-hydrogen) atoms. The van der Waals surface area contributed by atoms with E-state index in [1.807, 2.05) is 24.3 Å². The molecule has 118 valence electrons. The van der Waals surface area contributed by atoms with Crippen molar-refractivity contribution < 1.29 is 9.21 Å². The Hall–Kier alpha value is -2.62. The summed E-state index contributed by atoms with van der Waals surface area (Å²) in [6.45, 7) is 2.70. The fourth-order valence-electron chi connectivity index (χ4n) is 2.62. The summed E-state index contributed by atoms with van der Waals surface area (Å²) in [5.74, 6) is 0.0900. The van der Waals surface area contributed by atoms with Crippen LogP contribution in [0.4, 0.5) is 0 Å². The Balaban J connectivity index is 1.43. The molecule has 0 saturated heterocycles. The zero-order chi connectivity index (χ0) is 16.1. The minimum Gasteiger partial charge on any atom is -0.443 e. The first-order valence-corrected chi connectivity index (χ1v) is 7.85. The lowest BCUT2D eigenvalue weighted by molar-refractivity contribution is -0.121. The molecule has 2 aromatic carbocycles. The zero-order valence-electron chi connectivity index (χ0n) is 13.2. The van der Waals surface area contributed by atoms with E-state index in [1.54, 1.807) is 0 Å². The molecule has 0 aliphatic rings. The Bertz CT molecular complexity index is 808. The molecule has 0 unspecified atom stereocenters. The van der Waals surface area contributed by atoms with Gasteiger partial charge in [-0.1, -0.05) is 35.9 Å². The van der Waals surface area contributed by atoms with Gasteiger partial charge in [0.05, 0.1) is 0 Å². The summed E-state index contributed by atoms with van der Waals surface area (Å²) >= 11 is 0. The van der Waals surface area contributed by atoms with Crippen molar-refractivity contribution in [1.29, 1.82) is 0 Å². The second-order valence-corrected chi connectivity index (χ2v) is 5.74. The van der Waals surface area contributed by atoms with E-state index in [0.29, 0.717) is 13.0 Å². The molecule has 1 aromatic heterocycles. The Morgan fingerprint density at radius 3 is 2.87 bits per heavy atom. The maximum Gasteiger partial charge on any atom is 0.220 e. The van der Waals surface area contributed by atoms with Crippen molar-refractivity contribution in [3.05, 3.63) is 65.5 Å². The molecule has 0 radical (unpaired) electrons. The molecule has 3 aromatic rings. The van der Waals surface area contributed by atoms with Crippen LogP contribution in [0.3, 0.4) is 0 Å². The number of aryl methyl sites for hydroxylation is 2. The Morgan fingerprint density at radius 1 is 1.13 bits per heavy atom. The molecule has 0 spiro atoms. The molecule has 4 heteroatoms. The van der Waals surface area contributed by atoms with Gasteiger partial charge in [-0.15, -0.1) is 0 Å². The van der Waals surface area contributed by atoms with Gasteiger partial charge in [0.25, 0.3) is 0 Å². The topological polar surface area (TPSA) is 55.1 Å². The molecule has 1 N–H and O–H groups in total. The second kappa shape index (κ2) is 7.09. The molecule has 1 heterocycles. The quantitative estimate of drug-likeness (QED) is 0.759. The summed E-state index contributed by atoms with van der Waals surface area (Å²) in [5.41, 5.74) is 5.21. The number of rotatable bonds is 6. The van der Waals surface area contributed by atoms with Crippen LogP contribution in [0.1, 0.15) is 23.1 Å². The van der Waals surface area contributed by atoms with E-state index in [0.717, 1.165) is 29.5 Å². The maximum atomic E-state index is 11.9. The monoisotopic (exact) mass is 308 g/mol. The number of carbonyl (C=O) groups excluding carboxylic acids is 1. The largest absolute Gasteiger partial charge is 0.443 e. The lowest BCUT2D eigenvalue weighted by Gasteiger charge is -2.06. The minimum absolute atomic E-state index is 0.0900. The number of hydrogen-bond donors (Lipinski definition) is 1. The SMILES string of the molecule is Cc1cccc(CCC(=O)NCCc2ccc3ncoc3c2)c1. The lowest BCUT2D eigenvalue weighted by Crippen LogP contribution is -2.25. The Kier molecular flexibility index (Phi) is 4.71. The normalized spacial score (nSPS) is 10.8. The fraction of sp³-hybridized carbons (Fsp3) is 0.263. The number of amides is 1. The fourth-order valence-corrected chi connectivity index (χ4v) is 2.62. The van der Waals surface area contributed by atoms with Crippen LogP contribution in [0.15, 0.2) is 53.3 Å². The van der Waals surface area contributed by atoms with Gasteiger partial charge >= 0.3 is 0 Å². The molecule has 0 bridgehead atoms. The van der Waals surface area contributed by atoms with Crippen LogP contribution in [0.5, 0.6) is 0 Å². The van der Waals surface area contributed by atoms with Crippen molar-refractivity contribution in [3.63, 3.8) is 0 Å². The zero-order valence-corrected chi connectivity index (χ0v) is 13.2. The maximum absolute atomic E-state index is 11.9. The van der Waals surface area contributed by atoms with Gasteiger partial charge in [-0.3, -0.25) is 4.79 Å². The minimum atomic E-state index is 0.0900. The van der Waals surface area contributed by atoms with Crippen LogP contribution in [0.25, 0.3) is 11.1 Å². The number of hydrogen-bond acceptors (Lipinski definition) is 3. The van der Waals surface area contributed by atoms with Crippen LogP contribution >= 0.6 is 0 Å². The highest BCUT2D eigenvalue weighted by Gasteiger charge is 2.04. The van der Waals surface area contributed by atoms with Crippen LogP contribution in [0.2, 0.25) is 0 Å². The highest BCUT2D eigenvalue weighted by atomic mass is 16.3. The van der Waals surface area contributed by atoms with Crippen molar-refractivity contribution in [1.82, 2.24) is 10.3 Å². The summed E-state index contributed by atoms with van der Waals surface area (Å²) < 4.78 is 5.28. The third-order valence-electron chi connectivity index (χ3n) is 3.85. The predicted molar refractivity (Wildman–Crippen MR) is 90.2 cm³/mol. The summed E-state index contributed by atoms with van der Waals surface area (Å²) in [5, 5.41) is 2.97. The van der Waals surface area contributed by atoms with Gasteiger partial charge in [0.2, 0.25) is 5.91 Å². The molecule has 3 rings (SSSR count). The van der Waals surface area contributed by atoms with E-state index in [9.17, 15) is 4.79 Å². The Labute approximate surface area is 135 Å². The predicted octanol–water partition coefficient (Wildman–Crippen LogP) is 3.43. The van der Waals surface area contributed by atoms with Crippen molar-refractivity contribution >= 4 is 17.0 Å². The highest BCUT2D eigenvalue weighted by molar-refractivity contribution is 5.76. The summed E-state index contributed by atoms with van der Waals surface area (Å²) in [7, 11) is 0. The van der Waals surface area contributed by atoms with Crippen molar-refractivity contribution in [3.8, 4) is 0 Å². The standard InChI is InChI=1S/C19H20N2O2/c1-14-3-2-4-15(11-14)6-8-19(22)20-10-9-16-5-7-17-18(12-16)23-13-21-17/h2-5,7,11-13H,6,8-10H2,1H3,(H,20,22). The summed E-state index contributed by atoms with van der Waals surface area (Å²) in [6, 6.07) is 14.2. The van der Waals surface area contributed by atoms with Gasteiger partial charge in [-0.05, 0) is 43.0 Å². The van der Waals surface area contributed by atoms with Gasteiger partial charge in [0.15, 0.2) is 12.0 Å². The smallest absolute Gasteiger partial charge is 0.220 e. The van der Waals surface area contributed by atoms with E-state index in [2.05, 4.69) is 35.4 Å². The van der Waals surface area contributed by atoms with Gasteiger partial charge in [-0.2, -0.15) is 0 Å². The number of aromatic nitrogens is 1. The first kappa shape index (κ1) is 15.3. The molecule has 0 fully saturated rings. The van der Waals surface area contributed by atoms with E-state index in [-0.39, 0.29) is 5.91 Å². The molecule has 4 nitrogen and oxygen atoms in total. The van der Waals surface area contributed by atoms with Gasteiger partial charge < -0.3 is 9.73 Å². The molecule has 0 saturated carbocycles. The number of benzene rings is 2. The second-order valence-electron chi connectivity index (χ2n) is 5.74. The number of carbonyl (C=O) groups is 1. The molecule has 0 atom stereocenters. The van der Waals surface area contributed by atoms with Crippen molar-refractivity contribution in [2.75, 3.05) is 6.54 Å². The number of oxazole rings is 1. The van der Waals surface area contributed by atoms with Crippen LogP contribution in [0, 0.1) is 6.92 Å². The van der Waals surface area contributed by atoms with Crippen molar-refractivity contribution in [2.45, 2.75) is 26.2 Å². The van der Waals surface area contributed by atoms with Crippen LogP contribution in [-0.4, -0.2) is 17.4 Å². The van der Waals surface area contributed by atoms with Gasteiger partial charge in [0, 0.05) is 13.0 Å². The summed E-state index contributed by atoms with van der Waals surface area (Å²) in [6.07, 6.45) is 3.52. The third kappa shape index (κ3) is 4.19. The first-order chi connectivity index (χ1) is 11.2. The average molecular weight is 308 g/mol. The molecular formula is C19H20N2O2. The average Bonchev–Trinajstić information content (AvgIpc) is 3.01. The molecule has 1 amide bonds. The molecule has 0 aliphatic heterocycles. The first-order valence-electron chi connectivity index (χ1n) is 7.85. The number of nitrogens with zero attached hydrogens (tertiary/aromatic N) is 1. The van der Waals surface area contributed by atoms with Crippen molar-refractivity contribution in [2.24, 2.45) is 0 Å². The lowest BCUT2D eigenvalue weighted by atomic mass is 10.1. The number of fused-ring (bicyclic) bond motifs is 1. The number of nitrogens with one attached hydrogen (secondary N) is 1. The third-order valence-corrected chi connectivity index (χ3v) is 3.85. The van der Waals surface area contributed by atoms with E-state index >= 15 is 0 Å². The summed E-state index contributed by atoms with van der Waals surface area (Å²) in [4.78, 5) is 16.0. The molecule has 0 aliphatic carbocycles. The highest BCUT2D eigenvalue weighted by Crippen LogP contribution is 2.14. The van der Waals surface area contributed by atoms with E-state index < -0.39 is 0 Å². The van der Waals surface area contributed by atoms with Gasteiger partial charge in [-0.25, -0.2) is 4.98 Å². The Morgan fingerprint density at radius 2 is 2.00 bits per heavy atom. The molecular weight excluding hydrogens is 288 g/mol. The van der Waals surface area contributed by atoms with Gasteiger partial charge in [0.1, 0.15) is 5.52 Å². The van der Waals surface area contributed by atoms with Crippen LogP contribution in [-0.2, 0) is 17.6 Å². The van der Waals surface area contributed by atoms with E-state index in [4.69, 9.17) is 4.42 Å².